The van der Waals surface area contributed by atoms with Gasteiger partial charge in [0.25, 0.3) is 0 Å². The SMILES string of the molecule is CCNC(=NCC(c1ccc(C)o1)N1CCOCC1)N1CCC(OCCCOC)CC1. The number of guanidine groups is 1. The van der Waals surface area contributed by atoms with Crippen LogP contribution in [0.15, 0.2) is 21.5 Å². The minimum Gasteiger partial charge on any atom is -0.465 e. The molecule has 8 nitrogen and oxygen atoms in total. The van der Waals surface area contributed by atoms with Crippen molar-refractivity contribution >= 4 is 5.96 Å². The van der Waals surface area contributed by atoms with Crippen molar-refractivity contribution in [3.05, 3.63) is 23.7 Å². The molecule has 1 unspecified atom stereocenters. The topological polar surface area (TPSA) is 71.7 Å². The number of ether oxygens (including phenoxy) is 3. The van der Waals surface area contributed by atoms with Crippen LogP contribution in [-0.4, -0.2) is 94.7 Å². The first-order valence-electron chi connectivity index (χ1n) is 11.7. The lowest BCUT2D eigenvalue weighted by Crippen LogP contribution is -2.47. The van der Waals surface area contributed by atoms with Crippen molar-refractivity contribution in [1.82, 2.24) is 15.1 Å². The van der Waals surface area contributed by atoms with E-state index in [2.05, 4.69) is 28.1 Å². The van der Waals surface area contributed by atoms with E-state index in [-0.39, 0.29) is 6.04 Å². The summed E-state index contributed by atoms with van der Waals surface area (Å²) in [6.07, 6.45) is 3.35. The van der Waals surface area contributed by atoms with E-state index in [1.165, 1.54) is 0 Å². The van der Waals surface area contributed by atoms with Crippen LogP contribution in [0.5, 0.6) is 0 Å². The predicted molar refractivity (Wildman–Crippen MR) is 122 cm³/mol. The largest absolute Gasteiger partial charge is 0.465 e. The van der Waals surface area contributed by atoms with Gasteiger partial charge < -0.3 is 28.8 Å². The summed E-state index contributed by atoms with van der Waals surface area (Å²) < 4.78 is 22.7. The summed E-state index contributed by atoms with van der Waals surface area (Å²) in [5.74, 6) is 2.92. The van der Waals surface area contributed by atoms with E-state index in [0.29, 0.717) is 12.6 Å². The quantitative estimate of drug-likeness (QED) is 0.343. The maximum atomic E-state index is 6.01. The highest BCUT2D eigenvalue weighted by molar-refractivity contribution is 5.80. The van der Waals surface area contributed by atoms with Gasteiger partial charge in [0.2, 0.25) is 0 Å². The average molecular weight is 437 g/mol. The highest BCUT2D eigenvalue weighted by Gasteiger charge is 2.26. The number of methoxy groups -OCH3 is 1. The second-order valence-corrected chi connectivity index (χ2v) is 8.21. The van der Waals surface area contributed by atoms with Crippen LogP contribution >= 0.6 is 0 Å². The number of piperidine rings is 1. The van der Waals surface area contributed by atoms with Gasteiger partial charge in [-0.05, 0) is 45.2 Å². The molecule has 0 aromatic carbocycles. The van der Waals surface area contributed by atoms with Crippen LogP contribution in [0.4, 0.5) is 0 Å². The fraction of sp³-hybridized carbons (Fsp3) is 0.783. The fourth-order valence-corrected chi connectivity index (χ4v) is 4.19. The first kappa shape index (κ1) is 24.0. The minimum absolute atomic E-state index is 0.132. The van der Waals surface area contributed by atoms with Gasteiger partial charge in [0.05, 0.1) is 31.9 Å². The molecule has 1 aromatic heterocycles. The van der Waals surface area contributed by atoms with Crippen LogP contribution in [0.25, 0.3) is 0 Å². The van der Waals surface area contributed by atoms with Gasteiger partial charge in [0.1, 0.15) is 11.5 Å². The van der Waals surface area contributed by atoms with E-state index in [0.717, 1.165) is 95.9 Å². The van der Waals surface area contributed by atoms with Crippen molar-refractivity contribution in [3.8, 4) is 0 Å². The molecule has 3 heterocycles. The molecule has 1 aromatic rings. The van der Waals surface area contributed by atoms with Crippen molar-refractivity contribution in [2.24, 2.45) is 4.99 Å². The van der Waals surface area contributed by atoms with Gasteiger partial charge in [0, 0.05) is 53.0 Å². The van der Waals surface area contributed by atoms with E-state index in [1.807, 2.05) is 13.0 Å². The van der Waals surface area contributed by atoms with Crippen LogP contribution in [-0.2, 0) is 14.2 Å². The number of aliphatic imine (C=N–C) groups is 1. The van der Waals surface area contributed by atoms with Crippen molar-refractivity contribution in [1.29, 1.82) is 0 Å². The molecule has 1 atom stereocenters. The summed E-state index contributed by atoms with van der Waals surface area (Å²) in [4.78, 5) is 9.83. The Morgan fingerprint density at radius 1 is 1.19 bits per heavy atom. The highest BCUT2D eigenvalue weighted by atomic mass is 16.5. The van der Waals surface area contributed by atoms with Crippen LogP contribution in [0.3, 0.4) is 0 Å². The maximum Gasteiger partial charge on any atom is 0.193 e. The van der Waals surface area contributed by atoms with Gasteiger partial charge in [-0.2, -0.15) is 0 Å². The third-order valence-electron chi connectivity index (χ3n) is 5.91. The Morgan fingerprint density at radius 2 is 1.97 bits per heavy atom. The molecule has 0 amide bonds. The number of nitrogens with one attached hydrogen (secondary N) is 1. The van der Waals surface area contributed by atoms with E-state index < -0.39 is 0 Å². The average Bonchev–Trinajstić information content (AvgIpc) is 3.23. The van der Waals surface area contributed by atoms with Crippen molar-refractivity contribution in [2.75, 3.05) is 72.8 Å². The zero-order valence-corrected chi connectivity index (χ0v) is 19.5. The molecule has 3 rings (SSSR count). The third-order valence-corrected chi connectivity index (χ3v) is 5.91. The van der Waals surface area contributed by atoms with Gasteiger partial charge in [-0.15, -0.1) is 0 Å². The number of rotatable bonds is 10. The molecular formula is C23H40N4O4. The molecular weight excluding hydrogens is 396 g/mol. The van der Waals surface area contributed by atoms with Crippen molar-refractivity contribution in [3.63, 3.8) is 0 Å². The Balaban J connectivity index is 1.59. The lowest BCUT2D eigenvalue weighted by atomic mass is 10.1. The van der Waals surface area contributed by atoms with E-state index >= 15 is 0 Å². The minimum atomic E-state index is 0.132. The van der Waals surface area contributed by atoms with Crippen molar-refractivity contribution in [2.45, 2.75) is 45.3 Å². The smallest absolute Gasteiger partial charge is 0.193 e. The van der Waals surface area contributed by atoms with Crippen molar-refractivity contribution < 1.29 is 18.6 Å². The molecule has 0 aliphatic carbocycles. The van der Waals surface area contributed by atoms with Crippen LogP contribution in [0, 0.1) is 6.92 Å². The molecule has 31 heavy (non-hydrogen) atoms. The van der Waals surface area contributed by atoms with Crippen LogP contribution < -0.4 is 5.32 Å². The highest BCUT2D eigenvalue weighted by Crippen LogP contribution is 2.24. The standard InChI is InChI=1S/C23H40N4O4/c1-4-24-23(27-10-8-20(9-11-27)30-15-5-14-28-3)25-18-21(22-7-6-19(2)31-22)26-12-16-29-17-13-26/h6-7,20-21H,4-5,8-18H2,1-3H3,(H,24,25). The Hall–Kier alpha value is -1.61. The zero-order valence-electron chi connectivity index (χ0n) is 19.5. The molecule has 0 spiro atoms. The lowest BCUT2D eigenvalue weighted by molar-refractivity contribution is 0.00945. The number of hydrogen-bond donors (Lipinski definition) is 1. The zero-order chi connectivity index (χ0) is 21.9. The molecule has 1 N–H and O–H groups in total. The molecule has 2 fully saturated rings. The Labute approximate surface area is 186 Å². The summed E-state index contributed by atoms with van der Waals surface area (Å²) in [6, 6.07) is 4.26. The Morgan fingerprint density at radius 3 is 2.61 bits per heavy atom. The monoisotopic (exact) mass is 436 g/mol. The van der Waals surface area contributed by atoms with Gasteiger partial charge in [0.15, 0.2) is 5.96 Å². The fourth-order valence-electron chi connectivity index (χ4n) is 4.19. The number of morpholine rings is 1. The summed E-state index contributed by atoms with van der Waals surface area (Å²) >= 11 is 0. The molecule has 8 heteroatoms. The maximum absolute atomic E-state index is 6.01. The molecule has 176 valence electrons. The van der Waals surface area contributed by atoms with E-state index in [9.17, 15) is 0 Å². The second kappa shape index (κ2) is 13.1. The number of likely N-dealkylation sites (tertiary alicyclic amines) is 1. The summed E-state index contributed by atoms with van der Waals surface area (Å²) in [5, 5.41) is 3.49. The molecule has 2 aliphatic heterocycles. The molecule has 0 bridgehead atoms. The summed E-state index contributed by atoms with van der Waals surface area (Å²) in [5.41, 5.74) is 0. The first-order valence-corrected chi connectivity index (χ1v) is 11.7. The number of nitrogens with zero attached hydrogens (tertiary/aromatic N) is 3. The van der Waals surface area contributed by atoms with Gasteiger partial charge >= 0.3 is 0 Å². The first-order chi connectivity index (χ1) is 15.2. The van der Waals surface area contributed by atoms with E-state index in [4.69, 9.17) is 23.6 Å². The van der Waals surface area contributed by atoms with Gasteiger partial charge in [-0.1, -0.05) is 0 Å². The summed E-state index contributed by atoms with van der Waals surface area (Å²) in [6.45, 7) is 12.4. The Bertz CT molecular complexity index is 652. The van der Waals surface area contributed by atoms with Crippen LogP contribution in [0.2, 0.25) is 0 Å². The predicted octanol–water partition coefficient (Wildman–Crippen LogP) is 2.44. The molecule has 0 radical (unpaired) electrons. The third kappa shape index (κ3) is 7.49. The second-order valence-electron chi connectivity index (χ2n) is 8.21. The van der Waals surface area contributed by atoms with Gasteiger partial charge in [-0.25, -0.2) is 0 Å². The lowest BCUT2D eigenvalue weighted by Gasteiger charge is -2.35. The number of aryl methyl sites for hydroxylation is 1. The normalized spacial score (nSPS) is 20.2. The molecule has 2 aliphatic rings. The Kier molecular flexibility index (Phi) is 10.1. The number of hydrogen-bond acceptors (Lipinski definition) is 6. The van der Waals surface area contributed by atoms with Gasteiger partial charge in [-0.3, -0.25) is 9.89 Å². The molecule has 2 saturated heterocycles. The number of furan rings is 1. The van der Waals surface area contributed by atoms with E-state index in [1.54, 1.807) is 7.11 Å². The summed E-state index contributed by atoms with van der Waals surface area (Å²) in [7, 11) is 1.73. The molecule has 0 saturated carbocycles. The van der Waals surface area contributed by atoms with Crippen LogP contribution in [0.1, 0.15) is 43.7 Å².